The van der Waals surface area contributed by atoms with E-state index in [4.69, 9.17) is 0 Å². The van der Waals surface area contributed by atoms with Crippen molar-refractivity contribution in [2.45, 2.75) is 32.1 Å². The molecular weight excluding hydrogens is 258 g/mol. The van der Waals surface area contributed by atoms with Crippen molar-refractivity contribution in [3.8, 4) is 0 Å². The molecule has 0 spiro atoms. The standard InChI is InChI=1S/C15H23NS2/c1-11-4-5-15(12(2)8-11)13(3)16-9-14-10-17-6-7-18-14/h4-5,8,13-14,16H,6-7,9-10H2,1-3H3. The predicted molar refractivity (Wildman–Crippen MR) is 85.9 cm³/mol. The van der Waals surface area contributed by atoms with E-state index in [1.54, 1.807) is 0 Å². The summed E-state index contributed by atoms with van der Waals surface area (Å²) in [6.45, 7) is 7.78. The van der Waals surface area contributed by atoms with E-state index in [0.717, 1.165) is 11.8 Å². The summed E-state index contributed by atoms with van der Waals surface area (Å²) in [5.74, 6) is 3.94. The maximum atomic E-state index is 3.69. The summed E-state index contributed by atoms with van der Waals surface area (Å²) in [7, 11) is 0. The lowest BCUT2D eigenvalue weighted by Crippen LogP contribution is -2.31. The molecule has 1 saturated heterocycles. The molecule has 100 valence electrons. The monoisotopic (exact) mass is 281 g/mol. The second kappa shape index (κ2) is 6.88. The third-order valence-electron chi connectivity index (χ3n) is 3.43. The maximum absolute atomic E-state index is 3.69. The molecule has 0 aliphatic carbocycles. The van der Waals surface area contributed by atoms with E-state index >= 15 is 0 Å². The number of hydrogen-bond donors (Lipinski definition) is 1. The van der Waals surface area contributed by atoms with Crippen LogP contribution in [0.1, 0.15) is 29.7 Å². The van der Waals surface area contributed by atoms with Gasteiger partial charge >= 0.3 is 0 Å². The number of thioether (sulfide) groups is 2. The van der Waals surface area contributed by atoms with Gasteiger partial charge in [-0.05, 0) is 31.9 Å². The van der Waals surface area contributed by atoms with Crippen LogP contribution in [-0.4, -0.2) is 29.1 Å². The van der Waals surface area contributed by atoms with Gasteiger partial charge in [-0.2, -0.15) is 23.5 Å². The van der Waals surface area contributed by atoms with E-state index in [1.165, 1.54) is 33.9 Å². The first kappa shape index (κ1) is 14.3. The van der Waals surface area contributed by atoms with Gasteiger partial charge in [-0.1, -0.05) is 23.8 Å². The van der Waals surface area contributed by atoms with Gasteiger partial charge in [0.25, 0.3) is 0 Å². The third-order valence-corrected chi connectivity index (χ3v) is 6.27. The van der Waals surface area contributed by atoms with E-state index in [-0.39, 0.29) is 0 Å². The van der Waals surface area contributed by atoms with Crippen molar-refractivity contribution in [1.82, 2.24) is 5.32 Å². The van der Waals surface area contributed by atoms with Crippen molar-refractivity contribution >= 4 is 23.5 Å². The van der Waals surface area contributed by atoms with Gasteiger partial charge in [0, 0.05) is 35.1 Å². The molecule has 0 amide bonds. The molecule has 2 rings (SSSR count). The smallest absolute Gasteiger partial charge is 0.0294 e. The molecule has 1 fully saturated rings. The van der Waals surface area contributed by atoms with Crippen molar-refractivity contribution < 1.29 is 0 Å². The van der Waals surface area contributed by atoms with Crippen LogP contribution in [0.3, 0.4) is 0 Å². The van der Waals surface area contributed by atoms with Crippen LogP contribution in [0.5, 0.6) is 0 Å². The van der Waals surface area contributed by atoms with Crippen molar-refractivity contribution in [3.63, 3.8) is 0 Å². The average Bonchev–Trinajstić information content (AvgIpc) is 2.37. The van der Waals surface area contributed by atoms with Crippen LogP contribution in [0.2, 0.25) is 0 Å². The first-order chi connectivity index (χ1) is 8.66. The molecule has 1 heterocycles. The van der Waals surface area contributed by atoms with Crippen LogP contribution >= 0.6 is 23.5 Å². The highest BCUT2D eigenvalue weighted by Gasteiger charge is 2.16. The Labute approximate surface area is 120 Å². The fourth-order valence-electron chi connectivity index (χ4n) is 2.38. The summed E-state index contributed by atoms with van der Waals surface area (Å²) in [5.41, 5.74) is 4.19. The molecule has 1 aliphatic heterocycles. The number of hydrogen-bond acceptors (Lipinski definition) is 3. The number of rotatable bonds is 4. The van der Waals surface area contributed by atoms with Crippen molar-refractivity contribution in [2.24, 2.45) is 0 Å². The van der Waals surface area contributed by atoms with Crippen molar-refractivity contribution in [1.29, 1.82) is 0 Å². The Hall–Kier alpha value is -0.120. The Balaban J connectivity index is 1.88. The Morgan fingerprint density at radius 3 is 2.83 bits per heavy atom. The molecule has 1 aliphatic rings. The Kier molecular flexibility index (Phi) is 5.46. The lowest BCUT2D eigenvalue weighted by atomic mass is 10.0. The summed E-state index contributed by atoms with van der Waals surface area (Å²) < 4.78 is 0. The normalized spacial score (nSPS) is 21.8. The van der Waals surface area contributed by atoms with Crippen LogP contribution in [-0.2, 0) is 0 Å². The number of benzene rings is 1. The fraction of sp³-hybridized carbons (Fsp3) is 0.600. The molecule has 0 radical (unpaired) electrons. The van der Waals surface area contributed by atoms with Crippen LogP contribution in [0.25, 0.3) is 0 Å². The van der Waals surface area contributed by atoms with Crippen molar-refractivity contribution in [2.75, 3.05) is 23.8 Å². The molecular formula is C15H23NS2. The zero-order valence-electron chi connectivity index (χ0n) is 11.5. The minimum absolute atomic E-state index is 0.457. The van der Waals surface area contributed by atoms with Gasteiger partial charge in [0.15, 0.2) is 0 Å². The topological polar surface area (TPSA) is 12.0 Å². The van der Waals surface area contributed by atoms with Gasteiger partial charge in [-0.15, -0.1) is 0 Å². The summed E-state index contributed by atoms with van der Waals surface area (Å²) >= 11 is 4.22. The van der Waals surface area contributed by atoms with Crippen LogP contribution in [0.15, 0.2) is 18.2 Å². The lowest BCUT2D eigenvalue weighted by molar-refractivity contribution is 0.574. The van der Waals surface area contributed by atoms with Gasteiger partial charge in [-0.3, -0.25) is 0 Å². The highest BCUT2D eigenvalue weighted by atomic mass is 32.2. The molecule has 2 unspecified atom stereocenters. The van der Waals surface area contributed by atoms with Crippen LogP contribution in [0, 0.1) is 13.8 Å². The zero-order valence-corrected chi connectivity index (χ0v) is 13.2. The second-order valence-electron chi connectivity index (χ2n) is 5.06. The quantitative estimate of drug-likeness (QED) is 0.901. The Bertz CT molecular complexity index is 386. The molecule has 1 aromatic carbocycles. The number of aryl methyl sites for hydroxylation is 2. The van der Waals surface area contributed by atoms with Gasteiger partial charge in [0.05, 0.1) is 0 Å². The maximum Gasteiger partial charge on any atom is 0.0294 e. The largest absolute Gasteiger partial charge is 0.309 e. The first-order valence-electron chi connectivity index (χ1n) is 6.66. The van der Waals surface area contributed by atoms with Crippen LogP contribution in [0.4, 0.5) is 0 Å². The molecule has 0 aromatic heterocycles. The molecule has 0 saturated carbocycles. The zero-order chi connectivity index (χ0) is 13.0. The summed E-state index contributed by atoms with van der Waals surface area (Å²) in [6, 6.07) is 7.22. The van der Waals surface area contributed by atoms with Gasteiger partial charge in [-0.25, -0.2) is 0 Å². The highest BCUT2D eigenvalue weighted by Crippen LogP contribution is 2.24. The minimum Gasteiger partial charge on any atom is -0.309 e. The average molecular weight is 281 g/mol. The summed E-state index contributed by atoms with van der Waals surface area (Å²) in [5, 5.41) is 4.48. The Morgan fingerprint density at radius 1 is 1.33 bits per heavy atom. The molecule has 18 heavy (non-hydrogen) atoms. The molecule has 2 atom stereocenters. The van der Waals surface area contributed by atoms with E-state index in [0.29, 0.717) is 6.04 Å². The van der Waals surface area contributed by atoms with Crippen molar-refractivity contribution in [3.05, 3.63) is 34.9 Å². The third kappa shape index (κ3) is 3.94. The van der Waals surface area contributed by atoms with Gasteiger partial charge < -0.3 is 5.32 Å². The van der Waals surface area contributed by atoms with E-state index < -0.39 is 0 Å². The van der Waals surface area contributed by atoms with E-state index in [2.05, 4.69) is 67.8 Å². The lowest BCUT2D eigenvalue weighted by Gasteiger charge is -2.24. The molecule has 0 bridgehead atoms. The molecule has 3 heteroatoms. The summed E-state index contributed by atoms with van der Waals surface area (Å²) in [4.78, 5) is 0. The summed E-state index contributed by atoms with van der Waals surface area (Å²) in [6.07, 6.45) is 0. The van der Waals surface area contributed by atoms with Gasteiger partial charge in [0.2, 0.25) is 0 Å². The minimum atomic E-state index is 0.457. The molecule has 1 aromatic rings. The van der Waals surface area contributed by atoms with Crippen LogP contribution < -0.4 is 5.32 Å². The molecule has 1 N–H and O–H groups in total. The highest BCUT2D eigenvalue weighted by molar-refractivity contribution is 8.06. The second-order valence-corrected chi connectivity index (χ2v) is 7.62. The predicted octanol–water partition coefficient (Wildman–Crippen LogP) is 3.80. The number of nitrogens with one attached hydrogen (secondary N) is 1. The molecule has 1 nitrogen and oxygen atoms in total. The Morgan fingerprint density at radius 2 is 2.17 bits per heavy atom. The van der Waals surface area contributed by atoms with E-state index in [1.807, 2.05) is 0 Å². The fourth-order valence-corrected chi connectivity index (χ4v) is 5.01. The first-order valence-corrected chi connectivity index (χ1v) is 8.87. The van der Waals surface area contributed by atoms with Gasteiger partial charge in [0.1, 0.15) is 0 Å². The SMILES string of the molecule is Cc1ccc(C(C)NCC2CSCCS2)c(C)c1. The van der Waals surface area contributed by atoms with E-state index in [9.17, 15) is 0 Å².